The van der Waals surface area contributed by atoms with Gasteiger partial charge in [-0.3, -0.25) is 4.57 Å². The first-order valence-electron chi connectivity index (χ1n) is 5.85. The van der Waals surface area contributed by atoms with Crippen LogP contribution in [0, 0.1) is 5.82 Å². The Balaban J connectivity index is 2.18. The van der Waals surface area contributed by atoms with Crippen LogP contribution in [-0.4, -0.2) is 14.5 Å². The quantitative estimate of drug-likeness (QED) is 0.787. The van der Waals surface area contributed by atoms with Gasteiger partial charge < -0.3 is 5.73 Å². The van der Waals surface area contributed by atoms with Crippen molar-refractivity contribution in [2.24, 2.45) is 0 Å². The van der Waals surface area contributed by atoms with Gasteiger partial charge in [-0.15, -0.1) is 0 Å². The third kappa shape index (κ3) is 2.23. The fraction of sp³-hybridized carbons (Fsp3) is 0. The van der Waals surface area contributed by atoms with E-state index in [-0.39, 0.29) is 5.82 Å². The molecule has 0 radical (unpaired) electrons. The molecule has 1 aromatic carbocycles. The van der Waals surface area contributed by atoms with Gasteiger partial charge in [-0.05, 0) is 30.3 Å². The van der Waals surface area contributed by atoms with Crippen LogP contribution in [0.5, 0.6) is 0 Å². The van der Waals surface area contributed by atoms with Crippen molar-refractivity contribution in [3.05, 3.63) is 59.9 Å². The molecular weight excluding hydrogens is 279 g/mol. The van der Waals surface area contributed by atoms with Crippen LogP contribution in [0.1, 0.15) is 0 Å². The average Bonchev–Trinajstić information content (AvgIpc) is 2.90. The van der Waals surface area contributed by atoms with Gasteiger partial charge in [-0.1, -0.05) is 11.6 Å². The number of hydrogen-bond donors (Lipinski definition) is 1. The predicted molar refractivity (Wildman–Crippen MR) is 76.2 cm³/mol. The topological polar surface area (TPSA) is 56.7 Å². The van der Waals surface area contributed by atoms with Crippen molar-refractivity contribution in [1.29, 1.82) is 0 Å². The highest BCUT2D eigenvalue weighted by molar-refractivity contribution is 6.30. The first kappa shape index (κ1) is 12.6. The van der Waals surface area contributed by atoms with Crippen LogP contribution in [0.15, 0.2) is 49.1 Å². The first-order valence-corrected chi connectivity index (χ1v) is 6.22. The fourth-order valence-electron chi connectivity index (χ4n) is 1.98. The Hall–Kier alpha value is -2.40. The molecule has 4 nitrogen and oxygen atoms in total. The molecule has 3 rings (SSSR count). The molecule has 0 saturated carbocycles. The molecule has 20 heavy (non-hydrogen) atoms. The number of anilines is 1. The summed E-state index contributed by atoms with van der Waals surface area (Å²) in [5, 5.41) is 0.454. The number of halogens is 2. The second-order valence-corrected chi connectivity index (χ2v) is 4.65. The van der Waals surface area contributed by atoms with Gasteiger partial charge in [0.15, 0.2) is 0 Å². The SMILES string of the molecule is Nc1cc(-c2cncn2-c2cc(Cl)ccc2F)ccn1. The number of hydrogen-bond acceptors (Lipinski definition) is 3. The van der Waals surface area contributed by atoms with Crippen molar-refractivity contribution in [2.45, 2.75) is 0 Å². The largest absolute Gasteiger partial charge is 0.384 e. The summed E-state index contributed by atoms with van der Waals surface area (Å²) >= 11 is 5.93. The van der Waals surface area contributed by atoms with E-state index in [9.17, 15) is 4.39 Å². The molecule has 0 aliphatic carbocycles. The minimum atomic E-state index is -0.379. The third-order valence-corrected chi connectivity index (χ3v) is 3.12. The van der Waals surface area contributed by atoms with Crippen LogP contribution in [0.3, 0.4) is 0 Å². The zero-order valence-electron chi connectivity index (χ0n) is 10.3. The average molecular weight is 289 g/mol. The number of benzene rings is 1. The molecule has 3 aromatic rings. The summed E-state index contributed by atoms with van der Waals surface area (Å²) in [6.45, 7) is 0. The maximum Gasteiger partial charge on any atom is 0.147 e. The summed E-state index contributed by atoms with van der Waals surface area (Å²) in [5.74, 6) is 0.0116. The minimum absolute atomic E-state index is 0.334. The van der Waals surface area contributed by atoms with E-state index in [2.05, 4.69) is 9.97 Å². The van der Waals surface area contributed by atoms with Crippen LogP contribution in [0.4, 0.5) is 10.2 Å². The Bertz CT molecular complexity index is 769. The number of pyridine rings is 1. The van der Waals surface area contributed by atoms with Crippen molar-refractivity contribution < 1.29 is 4.39 Å². The third-order valence-electron chi connectivity index (χ3n) is 2.88. The normalized spacial score (nSPS) is 10.7. The van der Waals surface area contributed by atoms with Gasteiger partial charge in [0.25, 0.3) is 0 Å². The Morgan fingerprint density at radius 3 is 2.85 bits per heavy atom. The Morgan fingerprint density at radius 2 is 2.05 bits per heavy atom. The number of aromatic nitrogens is 3. The van der Waals surface area contributed by atoms with Crippen molar-refractivity contribution in [2.75, 3.05) is 5.73 Å². The number of rotatable bonds is 2. The van der Waals surface area contributed by atoms with E-state index in [1.807, 2.05) is 0 Å². The van der Waals surface area contributed by atoms with Gasteiger partial charge >= 0.3 is 0 Å². The molecule has 100 valence electrons. The van der Waals surface area contributed by atoms with Crippen LogP contribution in [-0.2, 0) is 0 Å². The van der Waals surface area contributed by atoms with E-state index in [1.54, 1.807) is 35.2 Å². The van der Waals surface area contributed by atoms with E-state index < -0.39 is 0 Å². The lowest BCUT2D eigenvalue weighted by Gasteiger charge is -2.10. The maximum atomic E-state index is 14.0. The molecule has 0 fully saturated rings. The molecule has 2 N–H and O–H groups in total. The summed E-state index contributed by atoms with van der Waals surface area (Å²) in [6.07, 6.45) is 4.76. The van der Waals surface area contributed by atoms with E-state index in [1.165, 1.54) is 18.5 Å². The van der Waals surface area contributed by atoms with Gasteiger partial charge in [0.1, 0.15) is 11.6 Å². The minimum Gasteiger partial charge on any atom is -0.384 e. The van der Waals surface area contributed by atoms with Crippen LogP contribution in [0.25, 0.3) is 16.9 Å². The second kappa shape index (κ2) is 4.94. The van der Waals surface area contributed by atoms with Crippen molar-refractivity contribution in [3.63, 3.8) is 0 Å². The lowest BCUT2D eigenvalue weighted by atomic mass is 10.2. The molecule has 0 unspecified atom stereocenters. The summed E-state index contributed by atoms with van der Waals surface area (Å²) in [5.41, 5.74) is 7.51. The second-order valence-electron chi connectivity index (χ2n) is 4.21. The molecule has 0 spiro atoms. The molecule has 0 bridgehead atoms. The highest BCUT2D eigenvalue weighted by Gasteiger charge is 2.11. The summed E-state index contributed by atoms with van der Waals surface area (Å²) in [4.78, 5) is 8.00. The van der Waals surface area contributed by atoms with Crippen LogP contribution >= 0.6 is 11.6 Å². The first-order chi connectivity index (χ1) is 9.65. The van der Waals surface area contributed by atoms with Gasteiger partial charge in [-0.25, -0.2) is 14.4 Å². The molecule has 0 atom stereocenters. The lowest BCUT2D eigenvalue weighted by molar-refractivity contribution is 0.618. The number of nitrogens with zero attached hydrogens (tertiary/aromatic N) is 3. The highest BCUT2D eigenvalue weighted by atomic mass is 35.5. The standard InChI is InChI=1S/C14H10ClFN4/c15-10-1-2-11(16)12(6-10)20-8-18-7-13(20)9-3-4-19-14(17)5-9/h1-8H,(H2,17,19). The van der Waals surface area contributed by atoms with E-state index >= 15 is 0 Å². The molecule has 0 aliphatic rings. The predicted octanol–water partition coefficient (Wildman–Crippen LogP) is 3.31. The molecule has 2 heterocycles. The maximum absolute atomic E-state index is 14.0. The summed E-state index contributed by atoms with van der Waals surface area (Å²) < 4.78 is 15.6. The van der Waals surface area contributed by atoms with Gasteiger partial charge in [0.2, 0.25) is 0 Å². The van der Waals surface area contributed by atoms with E-state index in [0.717, 1.165) is 5.56 Å². The van der Waals surface area contributed by atoms with Crippen molar-refractivity contribution in [1.82, 2.24) is 14.5 Å². The monoisotopic (exact) mass is 288 g/mol. The Morgan fingerprint density at radius 1 is 1.20 bits per heavy atom. The zero-order chi connectivity index (χ0) is 14.1. The van der Waals surface area contributed by atoms with Crippen molar-refractivity contribution >= 4 is 17.4 Å². The lowest BCUT2D eigenvalue weighted by Crippen LogP contribution is -1.99. The highest BCUT2D eigenvalue weighted by Crippen LogP contribution is 2.26. The molecule has 6 heteroatoms. The molecule has 2 aromatic heterocycles. The number of nitrogen functional groups attached to an aromatic ring is 1. The smallest absolute Gasteiger partial charge is 0.147 e. The number of nitrogens with two attached hydrogens (primary N) is 1. The van der Waals surface area contributed by atoms with Gasteiger partial charge in [0, 0.05) is 16.8 Å². The zero-order valence-corrected chi connectivity index (χ0v) is 11.0. The van der Waals surface area contributed by atoms with E-state index in [4.69, 9.17) is 17.3 Å². The fourth-order valence-corrected chi connectivity index (χ4v) is 2.15. The van der Waals surface area contributed by atoms with E-state index in [0.29, 0.717) is 22.2 Å². The Kier molecular flexibility index (Phi) is 3.12. The van der Waals surface area contributed by atoms with Gasteiger partial charge in [0.05, 0.1) is 23.9 Å². The summed E-state index contributed by atoms with van der Waals surface area (Å²) in [7, 11) is 0. The van der Waals surface area contributed by atoms with Gasteiger partial charge in [-0.2, -0.15) is 0 Å². The molecule has 0 saturated heterocycles. The van der Waals surface area contributed by atoms with Crippen molar-refractivity contribution in [3.8, 4) is 16.9 Å². The summed E-state index contributed by atoms with van der Waals surface area (Å²) in [6, 6.07) is 7.86. The van der Waals surface area contributed by atoms with Crippen LogP contribution < -0.4 is 5.73 Å². The Labute approximate surface area is 119 Å². The number of imidazole rings is 1. The molecular formula is C14H10ClFN4. The molecule has 0 aliphatic heterocycles. The van der Waals surface area contributed by atoms with Crippen LogP contribution in [0.2, 0.25) is 5.02 Å². The molecule has 0 amide bonds.